The number of hydrogen-bond donors (Lipinski definition) is 0. The van der Waals surface area contributed by atoms with Crippen molar-refractivity contribution in [1.82, 2.24) is 0 Å². The molecule has 0 aromatic rings. The van der Waals surface area contributed by atoms with E-state index in [1.54, 1.807) is 19.9 Å². The molecule has 4 heteroatoms. The highest BCUT2D eigenvalue weighted by molar-refractivity contribution is 9.11. The molecule has 14 heavy (non-hydrogen) atoms. The molecule has 78 valence electrons. The molecule has 0 aliphatic rings. The second-order valence-corrected chi connectivity index (χ2v) is 3.28. The molecule has 0 saturated carbocycles. The normalized spacial score (nSPS) is 14.1. The van der Waals surface area contributed by atoms with Crippen molar-refractivity contribution in [3.05, 3.63) is 34.3 Å². The van der Waals surface area contributed by atoms with Crippen LogP contribution < -0.4 is 0 Å². The van der Waals surface area contributed by atoms with Gasteiger partial charge in [-0.15, -0.1) is 0 Å². The van der Waals surface area contributed by atoms with Gasteiger partial charge in [0.1, 0.15) is 18.4 Å². The first-order valence-electron chi connectivity index (χ1n) is 4.08. The SMILES string of the molecule is CCOC(/C=C\C(Br)=C(/C)C=O)=C\F. The third-order valence-electron chi connectivity index (χ3n) is 1.37. The van der Waals surface area contributed by atoms with E-state index in [2.05, 4.69) is 15.9 Å². The Labute approximate surface area is 91.3 Å². The molecule has 0 atom stereocenters. The van der Waals surface area contributed by atoms with Crippen LogP contribution in [0.15, 0.2) is 34.3 Å². The minimum atomic E-state index is 0.128. The number of ether oxygens (including phenoxy) is 1. The largest absolute Gasteiger partial charge is 0.491 e. The highest BCUT2D eigenvalue weighted by Crippen LogP contribution is 2.13. The summed E-state index contributed by atoms with van der Waals surface area (Å²) in [6, 6.07) is 0. The molecule has 0 amide bonds. The van der Waals surface area contributed by atoms with E-state index in [1.165, 1.54) is 6.08 Å². The van der Waals surface area contributed by atoms with Crippen molar-refractivity contribution in [2.45, 2.75) is 13.8 Å². The summed E-state index contributed by atoms with van der Waals surface area (Å²) in [7, 11) is 0. The Morgan fingerprint density at radius 1 is 1.50 bits per heavy atom. The Morgan fingerprint density at radius 2 is 2.14 bits per heavy atom. The van der Waals surface area contributed by atoms with Gasteiger partial charge in [0.2, 0.25) is 0 Å². The lowest BCUT2D eigenvalue weighted by atomic mass is 10.3. The summed E-state index contributed by atoms with van der Waals surface area (Å²) in [5.74, 6) is 0.128. The lowest BCUT2D eigenvalue weighted by molar-refractivity contribution is -0.104. The zero-order valence-electron chi connectivity index (χ0n) is 8.09. The molecule has 0 saturated heterocycles. The minimum absolute atomic E-state index is 0.128. The number of hydrogen-bond acceptors (Lipinski definition) is 2. The second-order valence-electron chi connectivity index (χ2n) is 2.43. The standard InChI is InChI=1S/C10H12BrFO2/c1-3-14-9(6-12)4-5-10(11)8(2)7-13/h4-7H,3H2,1-2H3/b5-4-,9-6-,10-8-. The molecule has 0 heterocycles. The van der Waals surface area contributed by atoms with Crippen LogP contribution in [0.25, 0.3) is 0 Å². The van der Waals surface area contributed by atoms with Crippen molar-refractivity contribution in [2.75, 3.05) is 6.61 Å². The fraction of sp³-hybridized carbons (Fsp3) is 0.300. The van der Waals surface area contributed by atoms with E-state index in [1.807, 2.05) is 0 Å². The number of allylic oxidation sites excluding steroid dienone is 4. The Kier molecular flexibility index (Phi) is 7.02. The maximum Gasteiger partial charge on any atom is 0.147 e. The summed E-state index contributed by atoms with van der Waals surface area (Å²) in [5, 5.41) is 0. The Bertz CT molecular complexity index is 280. The first-order chi connectivity index (χ1) is 6.65. The van der Waals surface area contributed by atoms with E-state index in [0.717, 1.165) is 0 Å². The van der Waals surface area contributed by atoms with Crippen molar-refractivity contribution < 1.29 is 13.9 Å². The fourth-order valence-electron chi connectivity index (χ4n) is 0.626. The molecule has 2 nitrogen and oxygen atoms in total. The van der Waals surface area contributed by atoms with Gasteiger partial charge in [0.15, 0.2) is 0 Å². The molecule has 0 fully saturated rings. The van der Waals surface area contributed by atoms with Crippen molar-refractivity contribution in [2.24, 2.45) is 0 Å². The Hall–Kier alpha value is -0.900. The molecule has 0 spiro atoms. The summed E-state index contributed by atoms with van der Waals surface area (Å²) >= 11 is 3.17. The first-order valence-corrected chi connectivity index (χ1v) is 4.87. The number of carbonyl (C=O) groups excluding carboxylic acids is 1. The summed E-state index contributed by atoms with van der Waals surface area (Å²) in [6.45, 7) is 3.81. The topological polar surface area (TPSA) is 26.3 Å². The van der Waals surface area contributed by atoms with Crippen LogP contribution in [-0.2, 0) is 9.53 Å². The van der Waals surface area contributed by atoms with Crippen molar-refractivity contribution in [3.8, 4) is 0 Å². The van der Waals surface area contributed by atoms with Gasteiger partial charge in [-0.1, -0.05) is 15.9 Å². The monoisotopic (exact) mass is 262 g/mol. The summed E-state index contributed by atoms with van der Waals surface area (Å²) < 4.78 is 17.7. The van der Waals surface area contributed by atoms with Gasteiger partial charge in [-0.2, -0.15) is 0 Å². The zero-order chi connectivity index (χ0) is 11.0. The summed E-state index contributed by atoms with van der Waals surface area (Å²) in [4.78, 5) is 10.3. The van der Waals surface area contributed by atoms with Gasteiger partial charge >= 0.3 is 0 Å². The highest BCUT2D eigenvalue weighted by Gasteiger charge is 1.94. The van der Waals surface area contributed by atoms with Crippen LogP contribution in [0, 0.1) is 0 Å². The van der Waals surface area contributed by atoms with Gasteiger partial charge in [0.25, 0.3) is 0 Å². The molecule has 0 aromatic heterocycles. The number of rotatable bonds is 5. The molecule has 0 radical (unpaired) electrons. The van der Waals surface area contributed by atoms with E-state index in [4.69, 9.17) is 4.74 Å². The van der Waals surface area contributed by atoms with Gasteiger partial charge in [0, 0.05) is 10.1 Å². The molecule has 0 aromatic carbocycles. The quantitative estimate of drug-likeness (QED) is 0.329. The Morgan fingerprint density at radius 3 is 2.57 bits per heavy atom. The maximum atomic E-state index is 12.1. The van der Waals surface area contributed by atoms with E-state index in [9.17, 15) is 9.18 Å². The van der Waals surface area contributed by atoms with Crippen LogP contribution in [0.3, 0.4) is 0 Å². The third-order valence-corrected chi connectivity index (χ3v) is 2.26. The third kappa shape index (κ3) is 4.97. The number of halogens is 2. The smallest absolute Gasteiger partial charge is 0.147 e. The molecule has 0 rings (SSSR count). The van der Waals surface area contributed by atoms with Crippen molar-refractivity contribution in [1.29, 1.82) is 0 Å². The molecular weight excluding hydrogens is 251 g/mol. The van der Waals surface area contributed by atoms with Gasteiger partial charge in [0.05, 0.1) is 6.61 Å². The summed E-state index contributed by atoms with van der Waals surface area (Å²) in [6.07, 6.45) is 4.09. The first kappa shape index (κ1) is 13.1. The van der Waals surface area contributed by atoms with E-state index in [0.29, 0.717) is 29.3 Å². The minimum Gasteiger partial charge on any atom is -0.491 e. The molecule has 0 aliphatic carbocycles. The molecule has 0 bridgehead atoms. The van der Waals surface area contributed by atoms with Gasteiger partial charge < -0.3 is 4.74 Å². The molecule has 0 N–H and O–H groups in total. The van der Waals surface area contributed by atoms with Crippen LogP contribution in [0.5, 0.6) is 0 Å². The lowest BCUT2D eigenvalue weighted by Gasteiger charge is -2.00. The van der Waals surface area contributed by atoms with Gasteiger partial charge in [-0.05, 0) is 26.0 Å². The van der Waals surface area contributed by atoms with E-state index < -0.39 is 0 Å². The van der Waals surface area contributed by atoms with Crippen LogP contribution in [0.1, 0.15) is 13.8 Å². The van der Waals surface area contributed by atoms with E-state index in [-0.39, 0.29) is 5.76 Å². The maximum absolute atomic E-state index is 12.1. The van der Waals surface area contributed by atoms with Crippen LogP contribution in [-0.4, -0.2) is 12.9 Å². The average Bonchev–Trinajstić information content (AvgIpc) is 2.22. The lowest BCUT2D eigenvalue weighted by Crippen LogP contribution is -1.87. The van der Waals surface area contributed by atoms with Gasteiger partial charge in [-0.25, -0.2) is 4.39 Å². The van der Waals surface area contributed by atoms with Crippen LogP contribution in [0.4, 0.5) is 4.39 Å². The predicted octanol–water partition coefficient (Wildman–Crippen LogP) is 3.26. The van der Waals surface area contributed by atoms with Crippen LogP contribution in [0.2, 0.25) is 0 Å². The van der Waals surface area contributed by atoms with E-state index >= 15 is 0 Å². The highest BCUT2D eigenvalue weighted by atomic mass is 79.9. The number of aldehydes is 1. The molecule has 0 aliphatic heterocycles. The number of carbonyl (C=O) groups is 1. The Balaban J connectivity index is 4.50. The molecular formula is C10H12BrFO2. The fourth-order valence-corrected chi connectivity index (χ4v) is 0.851. The predicted molar refractivity (Wildman–Crippen MR) is 57.6 cm³/mol. The summed E-state index contributed by atoms with van der Waals surface area (Å²) in [5.41, 5.74) is 0.538. The van der Waals surface area contributed by atoms with Crippen LogP contribution >= 0.6 is 15.9 Å². The van der Waals surface area contributed by atoms with Gasteiger partial charge in [-0.3, -0.25) is 4.79 Å². The average molecular weight is 263 g/mol. The zero-order valence-corrected chi connectivity index (χ0v) is 9.67. The van der Waals surface area contributed by atoms with Crippen molar-refractivity contribution in [3.63, 3.8) is 0 Å². The molecule has 0 unspecified atom stereocenters. The second kappa shape index (κ2) is 7.50. The van der Waals surface area contributed by atoms with Crippen molar-refractivity contribution >= 4 is 22.2 Å².